The third-order valence-corrected chi connectivity index (χ3v) is 1.01. The van der Waals surface area contributed by atoms with E-state index in [-0.39, 0.29) is 26.4 Å². The van der Waals surface area contributed by atoms with Gasteiger partial charge in [0.05, 0.1) is 39.6 Å². The van der Waals surface area contributed by atoms with Crippen molar-refractivity contribution >= 4 is 0 Å². The molecule has 0 aromatic rings. The van der Waals surface area contributed by atoms with Crippen molar-refractivity contribution in [2.45, 2.75) is 13.8 Å². The molecule has 0 rings (SSSR count). The number of aliphatic hydroxyl groups excluding tert-OH is 4. The molecule has 17 heavy (non-hydrogen) atoms. The Morgan fingerprint density at radius 3 is 1.18 bits per heavy atom. The second kappa shape index (κ2) is 20.7. The Morgan fingerprint density at radius 2 is 1.06 bits per heavy atom. The quantitative estimate of drug-likeness (QED) is 0.396. The van der Waals surface area contributed by atoms with E-state index >= 15 is 0 Å². The molecule has 0 fully saturated rings. The highest BCUT2D eigenvalue weighted by Gasteiger charge is 1.79. The molecule has 0 aromatic carbocycles. The Balaban J connectivity index is -0.000000177. The number of rotatable bonds is 6. The Labute approximate surface area is 104 Å². The van der Waals surface area contributed by atoms with Crippen LogP contribution in [0.15, 0.2) is 24.3 Å². The predicted octanol–water partition coefficient (Wildman–Crippen LogP) is 0.0972. The molecule has 0 saturated carbocycles. The van der Waals surface area contributed by atoms with Gasteiger partial charge in [0.1, 0.15) is 0 Å². The monoisotopic (exact) mass is 250 g/mol. The molecule has 0 bridgehead atoms. The van der Waals surface area contributed by atoms with Crippen LogP contribution in [0.25, 0.3) is 0 Å². The summed E-state index contributed by atoms with van der Waals surface area (Å²) in [5.41, 5.74) is 1.62. The highest BCUT2D eigenvalue weighted by molar-refractivity contribution is 4.86. The first kappa shape index (κ1) is 21.6. The fraction of sp³-hybridized carbons (Fsp3) is 0.667. The van der Waals surface area contributed by atoms with Crippen molar-refractivity contribution in [3.63, 3.8) is 0 Å². The second-order valence-electron chi connectivity index (χ2n) is 3.29. The summed E-state index contributed by atoms with van der Waals surface area (Å²) < 4.78 is 4.63. The second-order valence-corrected chi connectivity index (χ2v) is 3.29. The Bertz CT molecular complexity index is 150. The first-order valence-electron chi connectivity index (χ1n) is 5.26. The van der Waals surface area contributed by atoms with E-state index in [0.717, 1.165) is 11.1 Å². The summed E-state index contributed by atoms with van der Waals surface area (Å²) in [7, 11) is 0. The Kier molecular flexibility index (Phi) is 26.2. The molecule has 0 radical (unpaired) electrons. The first-order valence-corrected chi connectivity index (χ1v) is 5.26. The van der Waals surface area contributed by atoms with E-state index in [9.17, 15) is 0 Å². The van der Waals surface area contributed by atoms with Crippen LogP contribution in [-0.4, -0.2) is 60.1 Å². The minimum atomic E-state index is 0.0278. The lowest BCUT2D eigenvalue weighted by atomic mass is 10.4. The van der Waals surface area contributed by atoms with E-state index in [0.29, 0.717) is 13.2 Å². The zero-order valence-electron chi connectivity index (χ0n) is 10.9. The molecule has 104 valence electrons. The predicted molar refractivity (Wildman–Crippen MR) is 68.8 cm³/mol. The van der Waals surface area contributed by atoms with E-state index in [1.807, 2.05) is 0 Å². The lowest BCUT2D eigenvalue weighted by molar-refractivity contribution is 0.0650. The molecule has 0 aliphatic carbocycles. The Morgan fingerprint density at radius 1 is 0.824 bits per heavy atom. The zero-order valence-corrected chi connectivity index (χ0v) is 10.9. The van der Waals surface area contributed by atoms with Gasteiger partial charge in [0.15, 0.2) is 0 Å². The van der Waals surface area contributed by atoms with E-state index < -0.39 is 0 Å². The molecule has 5 nitrogen and oxygen atoms in total. The first-order chi connectivity index (χ1) is 7.95. The normalized spacial score (nSPS) is 8.35. The van der Waals surface area contributed by atoms with Crippen molar-refractivity contribution in [3.05, 3.63) is 24.3 Å². The number of hydrogen-bond acceptors (Lipinski definition) is 5. The van der Waals surface area contributed by atoms with Gasteiger partial charge in [-0.15, -0.1) is 0 Å². The highest BCUT2D eigenvalue weighted by Crippen LogP contribution is 1.77. The SMILES string of the molecule is C=C(C)CO.C=C(C)CO.OCCOCCO. The molecule has 0 unspecified atom stereocenters. The van der Waals surface area contributed by atoms with Crippen LogP contribution in [0.4, 0.5) is 0 Å². The van der Waals surface area contributed by atoms with Gasteiger partial charge in [-0.1, -0.05) is 24.3 Å². The average molecular weight is 250 g/mol. The van der Waals surface area contributed by atoms with Crippen LogP contribution in [0.5, 0.6) is 0 Å². The van der Waals surface area contributed by atoms with Crippen molar-refractivity contribution in [2.75, 3.05) is 39.6 Å². The summed E-state index contributed by atoms with van der Waals surface area (Å²) in [5.74, 6) is 0. The molecule has 0 aromatic heterocycles. The average Bonchev–Trinajstić information content (AvgIpc) is 2.31. The van der Waals surface area contributed by atoms with Crippen LogP contribution >= 0.6 is 0 Å². The van der Waals surface area contributed by atoms with Gasteiger partial charge in [-0.2, -0.15) is 0 Å². The van der Waals surface area contributed by atoms with E-state index in [1.54, 1.807) is 13.8 Å². The van der Waals surface area contributed by atoms with Crippen LogP contribution in [0.3, 0.4) is 0 Å². The van der Waals surface area contributed by atoms with Gasteiger partial charge >= 0.3 is 0 Å². The molecule has 0 aliphatic heterocycles. The number of ether oxygens (including phenoxy) is 1. The van der Waals surface area contributed by atoms with Gasteiger partial charge in [-0.3, -0.25) is 0 Å². The fourth-order valence-corrected chi connectivity index (χ4v) is 0.231. The zero-order chi connectivity index (χ0) is 14.1. The largest absolute Gasteiger partial charge is 0.394 e. The number of aliphatic hydroxyl groups is 4. The smallest absolute Gasteiger partial charge is 0.0698 e. The summed E-state index contributed by atoms with van der Waals surface area (Å²) in [6.45, 7) is 11.3. The van der Waals surface area contributed by atoms with Crippen molar-refractivity contribution < 1.29 is 25.2 Å². The standard InChI is InChI=1S/C4H10O3.2C4H8O/c5-1-3-7-4-2-6;2*1-4(2)3-5/h5-6H,1-4H2;2*5H,1,3H2,2H3. The van der Waals surface area contributed by atoms with E-state index in [2.05, 4.69) is 17.9 Å². The topological polar surface area (TPSA) is 90.2 Å². The third kappa shape index (κ3) is 50.8. The van der Waals surface area contributed by atoms with Crippen molar-refractivity contribution in [1.82, 2.24) is 0 Å². The summed E-state index contributed by atoms with van der Waals surface area (Å²) in [4.78, 5) is 0. The van der Waals surface area contributed by atoms with E-state index in [4.69, 9.17) is 20.4 Å². The fourth-order valence-electron chi connectivity index (χ4n) is 0.231. The maximum Gasteiger partial charge on any atom is 0.0698 e. The van der Waals surface area contributed by atoms with Gasteiger partial charge in [-0.25, -0.2) is 0 Å². The molecular weight excluding hydrogens is 224 g/mol. The lowest BCUT2D eigenvalue weighted by Crippen LogP contribution is -2.03. The van der Waals surface area contributed by atoms with E-state index in [1.165, 1.54) is 0 Å². The molecular formula is C12H26O5. The summed E-state index contributed by atoms with van der Waals surface area (Å²) in [5, 5.41) is 32.3. The van der Waals surface area contributed by atoms with Crippen LogP contribution in [0.1, 0.15) is 13.8 Å². The molecule has 5 heteroatoms. The molecule has 0 atom stereocenters. The van der Waals surface area contributed by atoms with Crippen molar-refractivity contribution in [2.24, 2.45) is 0 Å². The molecule has 4 N–H and O–H groups in total. The van der Waals surface area contributed by atoms with Gasteiger partial charge in [0.2, 0.25) is 0 Å². The maximum atomic E-state index is 8.09. The minimum Gasteiger partial charge on any atom is -0.394 e. The van der Waals surface area contributed by atoms with Gasteiger partial charge in [-0.05, 0) is 13.8 Å². The van der Waals surface area contributed by atoms with Gasteiger partial charge in [0.25, 0.3) is 0 Å². The van der Waals surface area contributed by atoms with Crippen molar-refractivity contribution in [3.8, 4) is 0 Å². The summed E-state index contributed by atoms with van der Waals surface area (Å²) in [6, 6.07) is 0. The van der Waals surface area contributed by atoms with Crippen LogP contribution in [-0.2, 0) is 4.74 Å². The maximum absolute atomic E-state index is 8.09. The van der Waals surface area contributed by atoms with Gasteiger partial charge < -0.3 is 25.2 Å². The summed E-state index contributed by atoms with van der Waals surface area (Å²) in [6.07, 6.45) is 0. The molecule has 0 heterocycles. The number of hydrogen-bond donors (Lipinski definition) is 4. The minimum absolute atomic E-state index is 0.0278. The highest BCUT2D eigenvalue weighted by atomic mass is 16.5. The Hall–Kier alpha value is -0.720. The molecule has 0 aliphatic rings. The van der Waals surface area contributed by atoms with Crippen LogP contribution in [0.2, 0.25) is 0 Å². The van der Waals surface area contributed by atoms with Gasteiger partial charge in [0, 0.05) is 0 Å². The van der Waals surface area contributed by atoms with Crippen LogP contribution < -0.4 is 0 Å². The summed E-state index contributed by atoms with van der Waals surface area (Å²) >= 11 is 0. The molecule has 0 spiro atoms. The third-order valence-electron chi connectivity index (χ3n) is 1.01. The van der Waals surface area contributed by atoms with Crippen molar-refractivity contribution in [1.29, 1.82) is 0 Å². The van der Waals surface area contributed by atoms with Crippen LogP contribution in [0, 0.1) is 0 Å². The molecule has 0 amide bonds. The lowest BCUT2D eigenvalue weighted by Gasteiger charge is -1.94. The molecule has 0 saturated heterocycles.